The second-order valence-corrected chi connectivity index (χ2v) is 6.44. The SMILES string of the molecule is CCCCCCCCCC(N)C(N)CCCCCCC. The van der Waals surface area contributed by atoms with Crippen molar-refractivity contribution in [2.24, 2.45) is 11.5 Å². The number of unbranched alkanes of at least 4 members (excludes halogenated alkanes) is 10. The summed E-state index contributed by atoms with van der Waals surface area (Å²) >= 11 is 0. The van der Waals surface area contributed by atoms with Gasteiger partial charge < -0.3 is 11.5 Å². The number of rotatable bonds is 15. The molecule has 0 heterocycles. The van der Waals surface area contributed by atoms with E-state index in [1.54, 1.807) is 0 Å². The maximum Gasteiger partial charge on any atom is 0.0192 e. The van der Waals surface area contributed by atoms with Gasteiger partial charge in [-0.25, -0.2) is 0 Å². The summed E-state index contributed by atoms with van der Waals surface area (Å²) in [7, 11) is 0. The molecule has 122 valence electrons. The van der Waals surface area contributed by atoms with Crippen molar-refractivity contribution in [3.8, 4) is 0 Å². The molecule has 4 N–H and O–H groups in total. The van der Waals surface area contributed by atoms with Crippen molar-refractivity contribution in [1.29, 1.82) is 0 Å². The third-order valence-electron chi connectivity index (χ3n) is 4.33. The van der Waals surface area contributed by atoms with Crippen LogP contribution in [0.2, 0.25) is 0 Å². The van der Waals surface area contributed by atoms with E-state index in [4.69, 9.17) is 11.5 Å². The van der Waals surface area contributed by atoms with Crippen LogP contribution in [0.4, 0.5) is 0 Å². The summed E-state index contributed by atoms with van der Waals surface area (Å²) < 4.78 is 0. The van der Waals surface area contributed by atoms with Gasteiger partial charge >= 0.3 is 0 Å². The summed E-state index contributed by atoms with van der Waals surface area (Å²) in [6.07, 6.45) is 18.3. The van der Waals surface area contributed by atoms with Crippen molar-refractivity contribution in [1.82, 2.24) is 0 Å². The fourth-order valence-corrected chi connectivity index (χ4v) is 2.75. The van der Waals surface area contributed by atoms with Crippen LogP contribution in [0.15, 0.2) is 0 Å². The largest absolute Gasteiger partial charge is 0.326 e. The van der Waals surface area contributed by atoms with Crippen LogP contribution >= 0.6 is 0 Å². The maximum absolute atomic E-state index is 6.20. The van der Waals surface area contributed by atoms with Crippen LogP contribution in [0.1, 0.15) is 104 Å². The van der Waals surface area contributed by atoms with Crippen LogP contribution in [-0.4, -0.2) is 12.1 Å². The highest BCUT2D eigenvalue weighted by molar-refractivity contribution is 4.75. The molecule has 0 aromatic rings. The fraction of sp³-hybridized carbons (Fsp3) is 1.00. The molecular formula is C18H40N2. The Hall–Kier alpha value is -0.0800. The van der Waals surface area contributed by atoms with Crippen LogP contribution in [0.5, 0.6) is 0 Å². The Kier molecular flexibility index (Phi) is 15.3. The normalized spacial score (nSPS) is 14.4. The van der Waals surface area contributed by atoms with Gasteiger partial charge in [-0.05, 0) is 12.8 Å². The Morgan fingerprint density at radius 1 is 0.500 bits per heavy atom. The third-order valence-corrected chi connectivity index (χ3v) is 4.33. The van der Waals surface area contributed by atoms with Gasteiger partial charge in [0.2, 0.25) is 0 Å². The van der Waals surface area contributed by atoms with Crippen molar-refractivity contribution >= 4 is 0 Å². The molecule has 0 rings (SSSR count). The van der Waals surface area contributed by atoms with Crippen molar-refractivity contribution in [3.05, 3.63) is 0 Å². The van der Waals surface area contributed by atoms with Crippen LogP contribution in [0.3, 0.4) is 0 Å². The summed E-state index contributed by atoms with van der Waals surface area (Å²) in [4.78, 5) is 0. The smallest absolute Gasteiger partial charge is 0.0192 e. The van der Waals surface area contributed by atoms with E-state index in [2.05, 4.69) is 13.8 Å². The van der Waals surface area contributed by atoms with E-state index < -0.39 is 0 Å². The van der Waals surface area contributed by atoms with Crippen molar-refractivity contribution in [3.63, 3.8) is 0 Å². The predicted octanol–water partition coefficient (Wildman–Crippen LogP) is 5.14. The molecule has 0 amide bonds. The third kappa shape index (κ3) is 12.9. The molecular weight excluding hydrogens is 244 g/mol. The molecule has 0 aliphatic heterocycles. The second-order valence-electron chi connectivity index (χ2n) is 6.44. The van der Waals surface area contributed by atoms with E-state index in [1.165, 1.54) is 77.0 Å². The highest BCUT2D eigenvalue weighted by atomic mass is 14.8. The van der Waals surface area contributed by atoms with Gasteiger partial charge in [-0.15, -0.1) is 0 Å². The average Bonchev–Trinajstić information content (AvgIpc) is 2.45. The molecule has 0 aromatic carbocycles. The lowest BCUT2D eigenvalue weighted by molar-refractivity contribution is 0.430. The quantitative estimate of drug-likeness (QED) is 0.409. The summed E-state index contributed by atoms with van der Waals surface area (Å²) in [5, 5.41) is 0. The van der Waals surface area contributed by atoms with Crippen LogP contribution in [0.25, 0.3) is 0 Å². The Morgan fingerprint density at radius 2 is 0.800 bits per heavy atom. The lowest BCUT2D eigenvalue weighted by atomic mass is 9.97. The molecule has 0 spiro atoms. The standard InChI is InChI=1S/C18H40N2/c1-3-5-7-9-10-12-14-16-18(20)17(19)15-13-11-8-6-4-2/h17-18H,3-16,19-20H2,1-2H3. The Balaban J connectivity index is 3.34. The highest BCUT2D eigenvalue weighted by Crippen LogP contribution is 2.12. The summed E-state index contributed by atoms with van der Waals surface area (Å²) in [6.45, 7) is 4.52. The molecule has 2 heteroatoms. The molecule has 20 heavy (non-hydrogen) atoms. The zero-order valence-corrected chi connectivity index (χ0v) is 14.2. The first kappa shape index (κ1) is 19.9. The minimum atomic E-state index is 0.219. The van der Waals surface area contributed by atoms with Gasteiger partial charge in [-0.3, -0.25) is 0 Å². The molecule has 0 aliphatic rings. The number of hydrogen-bond donors (Lipinski definition) is 2. The monoisotopic (exact) mass is 284 g/mol. The van der Waals surface area contributed by atoms with E-state index >= 15 is 0 Å². The zero-order valence-electron chi connectivity index (χ0n) is 14.2. The first-order valence-electron chi connectivity index (χ1n) is 9.23. The van der Waals surface area contributed by atoms with E-state index in [0.29, 0.717) is 0 Å². The van der Waals surface area contributed by atoms with E-state index in [0.717, 1.165) is 12.8 Å². The summed E-state index contributed by atoms with van der Waals surface area (Å²) in [6, 6.07) is 0.438. The van der Waals surface area contributed by atoms with Gasteiger partial charge in [0, 0.05) is 12.1 Å². The van der Waals surface area contributed by atoms with Gasteiger partial charge in [0.05, 0.1) is 0 Å². The minimum absolute atomic E-state index is 0.219. The van der Waals surface area contributed by atoms with Gasteiger partial charge in [0.15, 0.2) is 0 Å². The molecule has 0 saturated heterocycles. The van der Waals surface area contributed by atoms with Crippen molar-refractivity contribution in [2.75, 3.05) is 0 Å². The lowest BCUT2D eigenvalue weighted by Crippen LogP contribution is -2.41. The molecule has 0 aliphatic carbocycles. The zero-order chi connectivity index (χ0) is 15.1. The Labute approximate surface area is 128 Å². The Bertz CT molecular complexity index is 182. The molecule has 0 bridgehead atoms. The molecule has 0 radical (unpaired) electrons. The predicted molar refractivity (Wildman–Crippen MR) is 91.9 cm³/mol. The lowest BCUT2D eigenvalue weighted by Gasteiger charge is -2.19. The van der Waals surface area contributed by atoms with Crippen molar-refractivity contribution in [2.45, 2.75) is 116 Å². The molecule has 0 aromatic heterocycles. The molecule has 2 unspecified atom stereocenters. The van der Waals surface area contributed by atoms with Gasteiger partial charge in [0.25, 0.3) is 0 Å². The summed E-state index contributed by atoms with van der Waals surface area (Å²) in [5.74, 6) is 0. The number of hydrogen-bond acceptors (Lipinski definition) is 2. The molecule has 2 atom stereocenters. The highest BCUT2D eigenvalue weighted by Gasteiger charge is 2.12. The van der Waals surface area contributed by atoms with E-state index in [9.17, 15) is 0 Å². The molecule has 0 fully saturated rings. The molecule has 2 nitrogen and oxygen atoms in total. The summed E-state index contributed by atoms with van der Waals surface area (Å²) in [5.41, 5.74) is 12.4. The minimum Gasteiger partial charge on any atom is -0.326 e. The van der Waals surface area contributed by atoms with E-state index in [-0.39, 0.29) is 12.1 Å². The van der Waals surface area contributed by atoms with Crippen LogP contribution < -0.4 is 11.5 Å². The fourth-order valence-electron chi connectivity index (χ4n) is 2.75. The Morgan fingerprint density at radius 3 is 1.15 bits per heavy atom. The first-order valence-corrected chi connectivity index (χ1v) is 9.23. The molecule has 0 saturated carbocycles. The van der Waals surface area contributed by atoms with E-state index in [1.807, 2.05) is 0 Å². The number of nitrogens with two attached hydrogens (primary N) is 2. The second kappa shape index (κ2) is 15.3. The van der Waals surface area contributed by atoms with Crippen molar-refractivity contribution < 1.29 is 0 Å². The van der Waals surface area contributed by atoms with Crippen LogP contribution in [0, 0.1) is 0 Å². The topological polar surface area (TPSA) is 52.0 Å². The first-order chi connectivity index (χ1) is 9.72. The average molecular weight is 285 g/mol. The maximum atomic E-state index is 6.20. The van der Waals surface area contributed by atoms with Gasteiger partial charge in [0.1, 0.15) is 0 Å². The van der Waals surface area contributed by atoms with Crippen LogP contribution in [-0.2, 0) is 0 Å². The van der Waals surface area contributed by atoms with Gasteiger partial charge in [-0.1, -0.05) is 90.9 Å². The van der Waals surface area contributed by atoms with Gasteiger partial charge in [-0.2, -0.15) is 0 Å².